The molecule has 3 nitrogen and oxygen atoms in total. The van der Waals surface area contributed by atoms with E-state index >= 15 is 0 Å². The van der Waals surface area contributed by atoms with Crippen LogP contribution < -0.4 is 10.1 Å². The Balaban J connectivity index is 2.28. The zero-order valence-electron chi connectivity index (χ0n) is 12.5. The number of amides is 1. The van der Waals surface area contributed by atoms with Crippen molar-refractivity contribution in [3.05, 3.63) is 53.6 Å². The van der Waals surface area contributed by atoms with Crippen molar-refractivity contribution in [2.24, 2.45) is 0 Å². The second-order valence-electron chi connectivity index (χ2n) is 4.59. The maximum Gasteiger partial charge on any atom is 0.256 e. The third-order valence-corrected chi connectivity index (χ3v) is 3.99. The van der Waals surface area contributed by atoms with E-state index < -0.39 is 0 Å². The molecule has 2 aromatic rings. The Bertz CT molecular complexity index is 640. The highest BCUT2D eigenvalue weighted by Crippen LogP contribution is 2.28. The number of nitrogens with one attached hydrogen (secondary N) is 1. The number of hydrogen-bond donors (Lipinski definition) is 1. The highest BCUT2D eigenvalue weighted by Gasteiger charge is 2.13. The van der Waals surface area contributed by atoms with Crippen LogP contribution in [0.3, 0.4) is 0 Å². The highest BCUT2D eigenvalue weighted by atomic mass is 32.2. The van der Waals surface area contributed by atoms with Crippen LogP contribution in [0, 0.1) is 6.92 Å². The van der Waals surface area contributed by atoms with Crippen LogP contribution >= 0.6 is 11.8 Å². The molecule has 4 heteroatoms. The maximum atomic E-state index is 12.5. The summed E-state index contributed by atoms with van der Waals surface area (Å²) in [4.78, 5) is 13.5. The van der Waals surface area contributed by atoms with Gasteiger partial charge in [0.2, 0.25) is 0 Å². The minimum absolute atomic E-state index is 0.115. The van der Waals surface area contributed by atoms with E-state index in [-0.39, 0.29) is 5.91 Å². The fourth-order valence-electron chi connectivity index (χ4n) is 2.04. The number of carbonyl (C=O) groups excluding carboxylic acids is 1. The van der Waals surface area contributed by atoms with Gasteiger partial charge in [0.1, 0.15) is 5.75 Å². The molecule has 1 amide bonds. The van der Waals surface area contributed by atoms with Crippen LogP contribution in [-0.2, 0) is 0 Å². The van der Waals surface area contributed by atoms with Crippen LogP contribution in [-0.4, -0.2) is 18.8 Å². The number of anilines is 1. The minimum Gasteiger partial charge on any atom is -0.495 e. The Morgan fingerprint density at radius 1 is 1.24 bits per heavy atom. The number of ether oxygens (including phenoxy) is 1. The van der Waals surface area contributed by atoms with Crippen LogP contribution in [0.2, 0.25) is 0 Å². The first kappa shape index (κ1) is 15.4. The molecule has 0 aliphatic rings. The van der Waals surface area contributed by atoms with Gasteiger partial charge in [-0.2, -0.15) is 0 Å². The molecule has 1 N–H and O–H groups in total. The zero-order valence-corrected chi connectivity index (χ0v) is 13.3. The Morgan fingerprint density at radius 3 is 2.71 bits per heavy atom. The summed E-state index contributed by atoms with van der Waals surface area (Å²) in [6.45, 7) is 4.05. The van der Waals surface area contributed by atoms with E-state index in [4.69, 9.17) is 4.74 Å². The lowest BCUT2D eigenvalue weighted by atomic mass is 10.1. The molecule has 0 heterocycles. The molecule has 0 saturated carbocycles. The molecule has 0 fully saturated rings. The third kappa shape index (κ3) is 3.79. The van der Waals surface area contributed by atoms with Crippen LogP contribution in [0.25, 0.3) is 0 Å². The molecule has 2 aromatic carbocycles. The Labute approximate surface area is 129 Å². The van der Waals surface area contributed by atoms with E-state index in [9.17, 15) is 4.79 Å². The van der Waals surface area contributed by atoms with Gasteiger partial charge in [-0.1, -0.05) is 25.1 Å². The van der Waals surface area contributed by atoms with E-state index in [1.807, 2.05) is 49.4 Å². The molecule has 0 aromatic heterocycles. The average molecular weight is 301 g/mol. The second kappa shape index (κ2) is 7.18. The quantitative estimate of drug-likeness (QED) is 0.833. The first-order valence-electron chi connectivity index (χ1n) is 6.83. The molecule has 0 saturated heterocycles. The largest absolute Gasteiger partial charge is 0.495 e. The number of carbonyl (C=O) groups is 1. The first-order chi connectivity index (χ1) is 10.2. The summed E-state index contributed by atoms with van der Waals surface area (Å²) < 4.78 is 5.29. The van der Waals surface area contributed by atoms with E-state index in [0.29, 0.717) is 17.0 Å². The van der Waals surface area contributed by atoms with Crippen molar-refractivity contribution < 1.29 is 9.53 Å². The Kier molecular flexibility index (Phi) is 5.28. The van der Waals surface area contributed by atoms with Gasteiger partial charge in [-0.15, -0.1) is 11.8 Å². The van der Waals surface area contributed by atoms with Crippen molar-refractivity contribution in [2.75, 3.05) is 18.2 Å². The standard InChI is InChI=1S/C17H19NO2S/c1-4-21-16-8-6-5-7-13(16)17(19)18-14-11-12(2)9-10-15(14)20-3/h5-11H,4H2,1-3H3,(H,18,19). The highest BCUT2D eigenvalue weighted by molar-refractivity contribution is 7.99. The fraction of sp³-hybridized carbons (Fsp3) is 0.235. The van der Waals surface area contributed by atoms with E-state index in [1.54, 1.807) is 18.9 Å². The number of methoxy groups -OCH3 is 1. The Morgan fingerprint density at radius 2 is 2.00 bits per heavy atom. The fourth-order valence-corrected chi connectivity index (χ4v) is 2.85. The molecular formula is C17H19NO2S. The van der Waals surface area contributed by atoms with Crippen LogP contribution in [0.1, 0.15) is 22.8 Å². The van der Waals surface area contributed by atoms with Crippen molar-refractivity contribution >= 4 is 23.4 Å². The lowest BCUT2D eigenvalue weighted by Crippen LogP contribution is -2.13. The number of aryl methyl sites for hydroxylation is 1. The Hall–Kier alpha value is -1.94. The van der Waals surface area contributed by atoms with E-state index in [2.05, 4.69) is 12.2 Å². The number of thioether (sulfide) groups is 1. The van der Waals surface area contributed by atoms with E-state index in [1.165, 1.54) is 0 Å². The van der Waals surface area contributed by atoms with Crippen molar-refractivity contribution in [3.8, 4) is 5.75 Å². The summed E-state index contributed by atoms with van der Waals surface area (Å²) in [7, 11) is 1.60. The van der Waals surface area contributed by atoms with Crippen molar-refractivity contribution in [2.45, 2.75) is 18.7 Å². The topological polar surface area (TPSA) is 38.3 Å². The smallest absolute Gasteiger partial charge is 0.256 e. The third-order valence-electron chi connectivity index (χ3n) is 3.03. The van der Waals surface area contributed by atoms with Gasteiger partial charge in [0.05, 0.1) is 18.4 Å². The van der Waals surface area contributed by atoms with Gasteiger partial charge in [-0.3, -0.25) is 4.79 Å². The molecule has 0 atom stereocenters. The monoisotopic (exact) mass is 301 g/mol. The van der Waals surface area contributed by atoms with Gasteiger partial charge in [0.25, 0.3) is 5.91 Å². The SMILES string of the molecule is CCSc1ccccc1C(=O)Nc1cc(C)ccc1OC. The summed E-state index contributed by atoms with van der Waals surface area (Å²) in [6.07, 6.45) is 0. The first-order valence-corrected chi connectivity index (χ1v) is 7.82. The number of rotatable bonds is 5. The second-order valence-corrected chi connectivity index (χ2v) is 5.89. The van der Waals surface area contributed by atoms with Gasteiger partial charge < -0.3 is 10.1 Å². The maximum absolute atomic E-state index is 12.5. The lowest BCUT2D eigenvalue weighted by molar-refractivity contribution is 0.102. The summed E-state index contributed by atoms with van der Waals surface area (Å²) in [5, 5.41) is 2.94. The molecule has 2 rings (SSSR count). The molecule has 0 radical (unpaired) electrons. The van der Waals surface area contributed by atoms with Crippen LogP contribution in [0.4, 0.5) is 5.69 Å². The minimum atomic E-state index is -0.115. The zero-order chi connectivity index (χ0) is 15.2. The lowest BCUT2D eigenvalue weighted by Gasteiger charge is -2.12. The van der Waals surface area contributed by atoms with Crippen LogP contribution in [0.15, 0.2) is 47.4 Å². The number of benzene rings is 2. The summed E-state index contributed by atoms with van der Waals surface area (Å²) in [6, 6.07) is 13.4. The molecule has 0 unspecified atom stereocenters. The van der Waals surface area contributed by atoms with Gasteiger partial charge >= 0.3 is 0 Å². The van der Waals surface area contributed by atoms with Gasteiger partial charge in [-0.05, 0) is 42.5 Å². The average Bonchev–Trinajstić information content (AvgIpc) is 2.48. The molecule has 0 spiro atoms. The predicted octanol–water partition coefficient (Wildman–Crippen LogP) is 4.37. The molecule has 21 heavy (non-hydrogen) atoms. The van der Waals surface area contributed by atoms with E-state index in [0.717, 1.165) is 16.2 Å². The van der Waals surface area contributed by atoms with Gasteiger partial charge in [0, 0.05) is 4.90 Å². The van der Waals surface area contributed by atoms with Crippen molar-refractivity contribution in [3.63, 3.8) is 0 Å². The van der Waals surface area contributed by atoms with Gasteiger partial charge in [0.15, 0.2) is 0 Å². The van der Waals surface area contributed by atoms with Gasteiger partial charge in [-0.25, -0.2) is 0 Å². The summed E-state index contributed by atoms with van der Waals surface area (Å²) in [5.41, 5.74) is 2.45. The summed E-state index contributed by atoms with van der Waals surface area (Å²) >= 11 is 1.66. The molecule has 110 valence electrons. The number of hydrogen-bond acceptors (Lipinski definition) is 3. The van der Waals surface area contributed by atoms with Crippen molar-refractivity contribution in [1.29, 1.82) is 0 Å². The molecule has 0 aliphatic heterocycles. The molecule has 0 aliphatic carbocycles. The van der Waals surface area contributed by atoms with Crippen molar-refractivity contribution in [1.82, 2.24) is 0 Å². The van der Waals surface area contributed by atoms with Crippen LogP contribution in [0.5, 0.6) is 5.75 Å². The molecular weight excluding hydrogens is 282 g/mol. The summed E-state index contributed by atoms with van der Waals surface area (Å²) in [5.74, 6) is 1.47. The predicted molar refractivity (Wildman–Crippen MR) is 88.5 cm³/mol. The molecule has 0 bridgehead atoms. The normalized spacial score (nSPS) is 10.2.